The Kier molecular flexibility index (Phi) is 2.06. The maximum Gasteiger partial charge on any atom is 0.163 e. The van der Waals surface area contributed by atoms with Crippen LogP contribution < -0.4 is 0 Å². The third-order valence-electron chi connectivity index (χ3n) is 3.42. The third kappa shape index (κ3) is 1.35. The van der Waals surface area contributed by atoms with Crippen molar-refractivity contribution in [3.63, 3.8) is 0 Å². The Hall–Kier alpha value is -1.63. The molecule has 2 aromatic carbocycles. The average molecular weight is 210 g/mol. The fourth-order valence-electron chi connectivity index (χ4n) is 2.60. The molecule has 0 spiro atoms. The lowest BCUT2D eigenvalue weighted by molar-refractivity contribution is 0.0973. The van der Waals surface area contributed by atoms with Crippen molar-refractivity contribution in [3.8, 4) is 0 Å². The van der Waals surface area contributed by atoms with Gasteiger partial charge in [0.1, 0.15) is 0 Å². The summed E-state index contributed by atoms with van der Waals surface area (Å²) >= 11 is 0. The van der Waals surface area contributed by atoms with E-state index in [1.54, 1.807) is 0 Å². The normalized spacial score (nSPS) is 15.2. The first kappa shape index (κ1) is 9.59. The van der Waals surface area contributed by atoms with Gasteiger partial charge in [-0.15, -0.1) is 0 Å². The zero-order valence-corrected chi connectivity index (χ0v) is 9.42. The maximum atomic E-state index is 11.8. The molecule has 0 saturated heterocycles. The molecule has 0 heterocycles. The van der Waals surface area contributed by atoms with Gasteiger partial charge in [-0.05, 0) is 36.1 Å². The summed E-state index contributed by atoms with van der Waals surface area (Å²) in [5.74, 6) is 0.309. The molecule has 1 heteroatoms. The number of Topliss-reactive ketones (excluding diaryl/α,β-unsaturated/α-hetero) is 1. The Labute approximate surface area is 95.1 Å². The van der Waals surface area contributed by atoms with E-state index in [4.69, 9.17) is 0 Å². The molecule has 0 N–H and O–H groups in total. The largest absolute Gasteiger partial charge is 0.294 e. The van der Waals surface area contributed by atoms with E-state index in [9.17, 15) is 4.79 Å². The Morgan fingerprint density at radius 2 is 1.94 bits per heavy atom. The molecule has 80 valence electrons. The lowest BCUT2D eigenvalue weighted by Gasteiger charge is -2.17. The van der Waals surface area contributed by atoms with Gasteiger partial charge >= 0.3 is 0 Å². The van der Waals surface area contributed by atoms with Crippen molar-refractivity contribution in [2.45, 2.75) is 26.2 Å². The molecule has 0 radical (unpaired) electrons. The van der Waals surface area contributed by atoms with Crippen molar-refractivity contribution in [1.29, 1.82) is 0 Å². The van der Waals surface area contributed by atoms with Gasteiger partial charge in [-0.1, -0.05) is 35.9 Å². The smallest absolute Gasteiger partial charge is 0.163 e. The fraction of sp³-hybridized carbons (Fsp3) is 0.267. The van der Waals surface area contributed by atoms with E-state index in [0.29, 0.717) is 12.2 Å². The standard InChI is InChI=1S/C15H14O/c1-10-5-7-12-11(9-10)6-8-14-13(12)3-2-4-15(14)16/h5-9H,2-4H2,1H3. The number of aryl methyl sites for hydroxylation is 2. The van der Waals surface area contributed by atoms with E-state index in [0.717, 1.165) is 18.4 Å². The van der Waals surface area contributed by atoms with Crippen LogP contribution in [0.5, 0.6) is 0 Å². The Bertz CT molecular complexity index is 581. The highest BCUT2D eigenvalue weighted by molar-refractivity contribution is 6.03. The molecule has 16 heavy (non-hydrogen) atoms. The molecule has 0 aromatic heterocycles. The molecule has 0 saturated carbocycles. The number of ketones is 1. The molecule has 3 rings (SSSR count). The molecule has 0 unspecified atom stereocenters. The average Bonchev–Trinajstić information content (AvgIpc) is 2.28. The summed E-state index contributed by atoms with van der Waals surface area (Å²) in [7, 11) is 0. The van der Waals surface area contributed by atoms with Gasteiger partial charge in [0.25, 0.3) is 0 Å². The summed E-state index contributed by atoms with van der Waals surface area (Å²) < 4.78 is 0. The molecule has 1 aliphatic rings. The Morgan fingerprint density at radius 1 is 1.06 bits per heavy atom. The summed E-state index contributed by atoms with van der Waals surface area (Å²) in [6.45, 7) is 2.10. The minimum absolute atomic E-state index is 0.309. The summed E-state index contributed by atoms with van der Waals surface area (Å²) in [6.07, 6.45) is 2.75. The second kappa shape index (κ2) is 3.44. The molecular formula is C15H14O. The quantitative estimate of drug-likeness (QED) is 0.648. The van der Waals surface area contributed by atoms with Crippen LogP contribution in [-0.4, -0.2) is 5.78 Å². The van der Waals surface area contributed by atoms with E-state index in [-0.39, 0.29) is 0 Å². The first-order valence-corrected chi connectivity index (χ1v) is 5.81. The summed E-state index contributed by atoms with van der Waals surface area (Å²) in [4.78, 5) is 11.8. The van der Waals surface area contributed by atoms with Crippen LogP contribution in [0.25, 0.3) is 10.8 Å². The second-order valence-electron chi connectivity index (χ2n) is 4.59. The van der Waals surface area contributed by atoms with Crippen molar-refractivity contribution < 1.29 is 4.79 Å². The van der Waals surface area contributed by atoms with Crippen LogP contribution in [0.3, 0.4) is 0 Å². The lowest BCUT2D eigenvalue weighted by atomic mass is 9.86. The molecule has 2 aromatic rings. The van der Waals surface area contributed by atoms with Gasteiger partial charge < -0.3 is 0 Å². The van der Waals surface area contributed by atoms with Crippen LogP contribution in [0, 0.1) is 6.92 Å². The number of hydrogen-bond acceptors (Lipinski definition) is 1. The first-order valence-electron chi connectivity index (χ1n) is 5.81. The van der Waals surface area contributed by atoms with Crippen LogP contribution >= 0.6 is 0 Å². The van der Waals surface area contributed by atoms with Crippen LogP contribution in [0.1, 0.15) is 34.3 Å². The molecule has 1 nitrogen and oxygen atoms in total. The van der Waals surface area contributed by atoms with Crippen LogP contribution in [-0.2, 0) is 6.42 Å². The molecule has 0 aliphatic heterocycles. The number of fused-ring (bicyclic) bond motifs is 3. The maximum absolute atomic E-state index is 11.8. The Balaban J connectivity index is 2.35. The molecule has 0 bridgehead atoms. The van der Waals surface area contributed by atoms with Crippen molar-refractivity contribution >= 4 is 16.6 Å². The van der Waals surface area contributed by atoms with Crippen LogP contribution in [0.2, 0.25) is 0 Å². The first-order chi connectivity index (χ1) is 7.75. The topological polar surface area (TPSA) is 17.1 Å². The molecule has 1 aliphatic carbocycles. The molecule has 0 fully saturated rings. The van der Waals surface area contributed by atoms with E-state index in [1.165, 1.54) is 21.9 Å². The number of benzene rings is 2. The number of hydrogen-bond donors (Lipinski definition) is 0. The highest BCUT2D eigenvalue weighted by Crippen LogP contribution is 2.29. The van der Waals surface area contributed by atoms with Gasteiger partial charge in [0, 0.05) is 12.0 Å². The number of carbonyl (C=O) groups excluding carboxylic acids is 1. The van der Waals surface area contributed by atoms with Crippen molar-refractivity contribution in [2.24, 2.45) is 0 Å². The van der Waals surface area contributed by atoms with Crippen molar-refractivity contribution in [2.75, 3.05) is 0 Å². The fourth-order valence-corrected chi connectivity index (χ4v) is 2.60. The zero-order chi connectivity index (χ0) is 11.1. The van der Waals surface area contributed by atoms with Crippen molar-refractivity contribution in [1.82, 2.24) is 0 Å². The second-order valence-corrected chi connectivity index (χ2v) is 4.59. The summed E-state index contributed by atoms with van der Waals surface area (Å²) in [6, 6.07) is 10.5. The predicted octanol–water partition coefficient (Wildman–Crippen LogP) is 3.67. The number of rotatable bonds is 0. The predicted molar refractivity (Wildman–Crippen MR) is 66.0 cm³/mol. The van der Waals surface area contributed by atoms with E-state index >= 15 is 0 Å². The monoisotopic (exact) mass is 210 g/mol. The minimum Gasteiger partial charge on any atom is -0.294 e. The Morgan fingerprint density at radius 3 is 2.81 bits per heavy atom. The zero-order valence-electron chi connectivity index (χ0n) is 9.42. The highest BCUT2D eigenvalue weighted by atomic mass is 16.1. The van der Waals surface area contributed by atoms with Gasteiger partial charge in [-0.25, -0.2) is 0 Å². The number of carbonyl (C=O) groups is 1. The van der Waals surface area contributed by atoms with Gasteiger partial charge in [0.2, 0.25) is 0 Å². The molecular weight excluding hydrogens is 196 g/mol. The van der Waals surface area contributed by atoms with Gasteiger partial charge in [-0.2, -0.15) is 0 Å². The van der Waals surface area contributed by atoms with Crippen molar-refractivity contribution in [3.05, 3.63) is 47.0 Å². The molecule has 0 atom stereocenters. The van der Waals surface area contributed by atoms with E-state index < -0.39 is 0 Å². The SMILES string of the molecule is Cc1ccc2c3c(ccc2c1)C(=O)CCC3. The van der Waals surface area contributed by atoms with Crippen LogP contribution in [0.4, 0.5) is 0 Å². The lowest BCUT2D eigenvalue weighted by Crippen LogP contribution is -2.10. The van der Waals surface area contributed by atoms with E-state index in [1.807, 2.05) is 6.07 Å². The van der Waals surface area contributed by atoms with Crippen LogP contribution in [0.15, 0.2) is 30.3 Å². The summed E-state index contributed by atoms with van der Waals surface area (Å²) in [5.41, 5.74) is 3.48. The minimum atomic E-state index is 0.309. The highest BCUT2D eigenvalue weighted by Gasteiger charge is 2.18. The van der Waals surface area contributed by atoms with Gasteiger partial charge in [-0.3, -0.25) is 4.79 Å². The van der Waals surface area contributed by atoms with Gasteiger partial charge in [0.15, 0.2) is 5.78 Å². The van der Waals surface area contributed by atoms with Gasteiger partial charge in [0.05, 0.1) is 0 Å². The molecule has 0 amide bonds. The van der Waals surface area contributed by atoms with E-state index in [2.05, 4.69) is 31.2 Å². The third-order valence-corrected chi connectivity index (χ3v) is 3.42. The summed E-state index contributed by atoms with van der Waals surface area (Å²) in [5, 5.41) is 2.52.